The molecule has 1 amide bonds. The van der Waals surface area contributed by atoms with Crippen LogP contribution in [-0.4, -0.2) is 65.8 Å². The Hall–Kier alpha value is -1.52. The molecule has 0 spiro atoms. The number of aliphatic carboxylic acids is 1. The van der Waals surface area contributed by atoms with E-state index in [2.05, 4.69) is 0 Å². The van der Waals surface area contributed by atoms with Crippen LogP contribution in [0.1, 0.15) is 12.8 Å². The largest absolute Gasteiger partial charge is 0.480 e. The van der Waals surface area contributed by atoms with Crippen LogP contribution in [0.5, 0.6) is 0 Å². The highest BCUT2D eigenvalue weighted by Gasteiger charge is 2.74. The minimum Gasteiger partial charge on any atom is -0.480 e. The highest BCUT2D eigenvalue weighted by molar-refractivity contribution is 5.76. The van der Waals surface area contributed by atoms with E-state index in [9.17, 15) is 35.9 Å². The Morgan fingerprint density at radius 1 is 1.18 bits per heavy atom. The van der Waals surface area contributed by atoms with E-state index < -0.39 is 49.4 Å². The Bertz CT molecular complexity index is 412. The summed E-state index contributed by atoms with van der Waals surface area (Å²) in [5, 5.41) is 10.7. The summed E-state index contributed by atoms with van der Waals surface area (Å²) in [6.07, 6.45) is -0.226. The number of carbonyl (C=O) groups is 2. The van der Waals surface area contributed by atoms with Gasteiger partial charge in [-0.15, -0.1) is 0 Å². The van der Waals surface area contributed by atoms with Crippen molar-refractivity contribution in [3.05, 3.63) is 0 Å². The summed E-state index contributed by atoms with van der Waals surface area (Å²) < 4.78 is 78.4. The fraction of sp³-hybridized carbons (Fsp3) is 0.818. The van der Waals surface area contributed by atoms with E-state index in [1.807, 2.05) is 5.32 Å². The topological polar surface area (TPSA) is 69.6 Å². The molecule has 22 heavy (non-hydrogen) atoms. The van der Waals surface area contributed by atoms with Crippen LogP contribution in [0.25, 0.3) is 0 Å². The van der Waals surface area contributed by atoms with E-state index >= 15 is 0 Å². The third-order valence-corrected chi connectivity index (χ3v) is 3.30. The van der Waals surface area contributed by atoms with Crippen LogP contribution in [0.15, 0.2) is 0 Å². The zero-order valence-corrected chi connectivity index (χ0v) is 11.2. The molecule has 11 heteroatoms. The number of likely N-dealkylation sites (tertiary alicyclic amines) is 1. The van der Waals surface area contributed by atoms with Crippen molar-refractivity contribution in [1.82, 2.24) is 10.2 Å². The van der Waals surface area contributed by atoms with Gasteiger partial charge in [-0.3, -0.25) is 9.69 Å². The normalized spacial score (nSPS) is 24.5. The molecule has 0 aliphatic carbocycles. The van der Waals surface area contributed by atoms with Crippen molar-refractivity contribution in [2.75, 3.05) is 19.6 Å². The van der Waals surface area contributed by atoms with Crippen molar-refractivity contribution in [1.29, 1.82) is 0 Å². The molecule has 0 aromatic rings. The molecule has 0 saturated carbocycles. The predicted octanol–water partition coefficient (Wildman–Crippen LogP) is 1.19. The average Bonchev–Trinajstić information content (AvgIpc) is 2.34. The molecule has 1 fully saturated rings. The quantitative estimate of drug-likeness (QED) is 0.541. The van der Waals surface area contributed by atoms with E-state index in [1.54, 1.807) is 0 Å². The fourth-order valence-electron chi connectivity index (χ4n) is 2.12. The van der Waals surface area contributed by atoms with Crippen LogP contribution in [0.2, 0.25) is 0 Å². The molecule has 0 aromatic heterocycles. The molecule has 1 aliphatic heterocycles. The minimum atomic E-state index is -5.43. The Morgan fingerprint density at radius 3 is 2.09 bits per heavy atom. The number of hydrogen-bond donors (Lipinski definition) is 2. The van der Waals surface area contributed by atoms with Crippen molar-refractivity contribution in [2.45, 2.75) is 36.7 Å². The van der Waals surface area contributed by atoms with Gasteiger partial charge in [0.05, 0.1) is 13.1 Å². The molecule has 1 rings (SSSR count). The highest BCUT2D eigenvalue weighted by Crippen LogP contribution is 2.49. The highest BCUT2D eigenvalue weighted by atomic mass is 19.3. The van der Waals surface area contributed by atoms with E-state index in [0.717, 1.165) is 0 Å². The lowest BCUT2D eigenvalue weighted by Gasteiger charge is -2.42. The Morgan fingerprint density at radius 2 is 1.68 bits per heavy atom. The molecule has 1 heterocycles. The van der Waals surface area contributed by atoms with Crippen molar-refractivity contribution >= 4 is 12.4 Å². The van der Waals surface area contributed by atoms with Crippen molar-refractivity contribution in [2.24, 2.45) is 0 Å². The van der Waals surface area contributed by atoms with Crippen molar-refractivity contribution in [3.8, 4) is 0 Å². The number of carboxylic acids is 1. The summed E-state index contributed by atoms with van der Waals surface area (Å²) >= 11 is 0. The van der Waals surface area contributed by atoms with E-state index in [1.165, 1.54) is 0 Å². The molecular weight excluding hydrogens is 322 g/mol. The number of nitrogens with one attached hydrogen (secondary N) is 1. The smallest absolute Gasteiger partial charge is 0.374 e. The Labute approximate surface area is 121 Å². The number of halogens is 6. The second-order valence-electron chi connectivity index (χ2n) is 5.01. The Kier molecular flexibility index (Phi) is 5.31. The maximum atomic E-state index is 13.1. The lowest BCUT2D eigenvalue weighted by Crippen LogP contribution is -2.67. The van der Waals surface area contributed by atoms with Crippen LogP contribution in [0, 0.1) is 0 Å². The zero-order valence-electron chi connectivity index (χ0n) is 11.2. The lowest BCUT2D eigenvalue weighted by molar-refractivity contribution is -0.338. The van der Waals surface area contributed by atoms with Crippen molar-refractivity contribution in [3.63, 3.8) is 0 Å². The zero-order chi connectivity index (χ0) is 17.2. The number of nitrogens with zero attached hydrogens (tertiary/aromatic N) is 1. The van der Waals surface area contributed by atoms with Crippen LogP contribution in [0.3, 0.4) is 0 Å². The van der Waals surface area contributed by atoms with E-state index in [0.29, 0.717) is 4.90 Å². The predicted molar refractivity (Wildman–Crippen MR) is 61.1 cm³/mol. The summed E-state index contributed by atoms with van der Waals surface area (Å²) in [6, 6.07) is -1.30. The number of hydrogen-bond acceptors (Lipinski definition) is 3. The molecule has 0 aromatic carbocycles. The summed E-state index contributed by atoms with van der Waals surface area (Å²) in [7, 11) is 0. The number of carbonyl (C=O) groups excluding carboxylic acids is 1. The van der Waals surface area contributed by atoms with Gasteiger partial charge < -0.3 is 10.4 Å². The first-order valence-corrected chi connectivity index (χ1v) is 6.23. The van der Waals surface area contributed by atoms with Gasteiger partial charge in [0.15, 0.2) is 0 Å². The van der Waals surface area contributed by atoms with Crippen LogP contribution in [0.4, 0.5) is 26.3 Å². The molecule has 1 unspecified atom stereocenters. The number of piperidine rings is 1. The number of carboxylic acid groups (broad SMARTS) is 1. The first-order chi connectivity index (χ1) is 9.94. The Balaban J connectivity index is 2.61. The number of amides is 1. The summed E-state index contributed by atoms with van der Waals surface area (Å²) in [5.74, 6) is -16.6. The molecule has 5 nitrogen and oxygen atoms in total. The molecule has 0 bridgehead atoms. The fourth-order valence-corrected chi connectivity index (χ4v) is 2.12. The third-order valence-electron chi connectivity index (χ3n) is 3.30. The SMILES string of the molecule is O=CNC(CCCN1CC(F)(F)C(F)(F)C(F)(F)C1)C(=O)O. The van der Waals surface area contributed by atoms with Gasteiger partial charge in [0.25, 0.3) is 0 Å². The summed E-state index contributed by atoms with van der Waals surface area (Å²) in [4.78, 5) is 21.3. The van der Waals surface area contributed by atoms with Gasteiger partial charge in [0.2, 0.25) is 6.41 Å². The molecule has 0 radical (unpaired) electrons. The minimum absolute atomic E-state index is 0.128. The van der Waals surface area contributed by atoms with Gasteiger partial charge in [0, 0.05) is 0 Å². The summed E-state index contributed by atoms with van der Waals surface area (Å²) in [5.41, 5.74) is 0. The first-order valence-electron chi connectivity index (χ1n) is 6.23. The van der Waals surface area contributed by atoms with Gasteiger partial charge in [0.1, 0.15) is 6.04 Å². The molecule has 1 saturated heterocycles. The molecule has 2 N–H and O–H groups in total. The van der Waals surface area contributed by atoms with Gasteiger partial charge in [-0.05, 0) is 19.4 Å². The molecule has 128 valence electrons. The molecule has 1 aliphatic rings. The maximum Gasteiger partial charge on any atom is 0.374 e. The van der Waals surface area contributed by atoms with Gasteiger partial charge in [-0.2, -0.15) is 26.3 Å². The third kappa shape index (κ3) is 3.62. The average molecular weight is 336 g/mol. The lowest BCUT2D eigenvalue weighted by atomic mass is 9.98. The van der Waals surface area contributed by atoms with Gasteiger partial charge in [-0.1, -0.05) is 0 Å². The first kappa shape index (κ1) is 18.5. The van der Waals surface area contributed by atoms with Gasteiger partial charge >= 0.3 is 23.7 Å². The van der Waals surface area contributed by atoms with Crippen LogP contribution < -0.4 is 5.32 Å². The second-order valence-corrected chi connectivity index (χ2v) is 5.01. The molecule has 1 atom stereocenters. The van der Waals surface area contributed by atoms with E-state index in [-0.39, 0.29) is 19.3 Å². The number of alkyl halides is 6. The molecular formula is C11H14F6N2O3. The van der Waals surface area contributed by atoms with Crippen LogP contribution >= 0.6 is 0 Å². The van der Waals surface area contributed by atoms with Crippen molar-refractivity contribution < 1.29 is 41.0 Å². The second kappa shape index (κ2) is 6.31. The standard InChI is InChI=1S/C11H14F6N2O3/c12-9(13)4-19(5-10(14,15)11(9,16)17)3-1-2-7(8(21)22)18-6-20/h6-7H,1-5H2,(H,18,20)(H,21,22). The van der Waals surface area contributed by atoms with Crippen LogP contribution in [-0.2, 0) is 9.59 Å². The van der Waals surface area contributed by atoms with Gasteiger partial charge in [-0.25, -0.2) is 4.79 Å². The number of rotatable bonds is 7. The van der Waals surface area contributed by atoms with E-state index in [4.69, 9.17) is 5.11 Å². The maximum absolute atomic E-state index is 13.1. The summed E-state index contributed by atoms with van der Waals surface area (Å²) in [6.45, 7) is -3.52. The monoisotopic (exact) mass is 336 g/mol.